The molecule has 8 heteroatoms. The third-order valence-electron chi connectivity index (χ3n) is 6.41. The molecule has 0 aliphatic carbocycles. The molecule has 1 atom stereocenters. The molecule has 0 radical (unpaired) electrons. The van der Waals surface area contributed by atoms with Crippen LogP contribution in [0.4, 0.5) is 4.39 Å². The van der Waals surface area contributed by atoms with Gasteiger partial charge >= 0.3 is 0 Å². The van der Waals surface area contributed by atoms with Crippen LogP contribution in [-0.2, 0) is 0 Å². The molecule has 0 N–H and O–H groups in total. The number of benzene rings is 3. The normalized spacial score (nSPS) is 12.1. The van der Waals surface area contributed by atoms with Crippen molar-refractivity contribution in [2.45, 2.75) is 26.3 Å². The van der Waals surface area contributed by atoms with Gasteiger partial charge in [0.15, 0.2) is 0 Å². The molecule has 4 aromatic rings. The Morgan fingerprint density at radius 1 is 0.974 bits per heavy atom. The molecule has 0 bridgehead atoms. The van der Waals surface area contributed by atoms with Crippen molar-refractivity contribution in [3.8, 4) is 11.4 Å². The van der Waals surface area contributed by atoms with Gasteiger partial charge in [-0.05, 0) is 88.1 Å². The summed E-state index contributed by atoms with van der Waals surface area (Å²) in [5.41, 5.74) is 1.36. The monoisotopic (exact) mass is 516 g/mol. The predicted molar refractivity (Wildman–Crippen MR) is 148 cm³/mol. The molecule has 0 spiro atoms. The van der Waals surface area contributed by atoms with Gasteiger partial charge < -0.3 is 14.5 Å². The third kappa shape index (κ3) is 5.75. The van der Waals surface area contributed by atoms with E-state index < -0.39 is 11.9 Å². The van der Waals surface area contributed by atoms with Gasteiger partial charge in [0.1, 0.15) is 17.4 Å². The molecular formula is C30H33FN4O3. The molecule has 38 heavy (non-hydrogen) atoms. The Bertz CT molecular complexity index is 1450. The van der Waals surface area contributed by atoms with Crippen LogP contribution in [0.5, 0.6) is 5.75 Å². The van der Waals surface area contributed by atoms with Crippen molar-refractivity contribution in [2.24, 2.45) is 0 Å². The number of hydrogen-bond donors (Lipinski definition) is 0. The Balaban J connectivity index is 1.90. The second-order valence-corrected chi connectivity index (χ2v) is 9.29. The summed E-state index contributed by atoms with van der Waals surface area (Å²) in [4.78, 5) is 36.4. The average Bonchev–Trinajstić information content (AvgIpc) is 2.92. The largest absolute Gasteiger partial charge is 0.494 e. The number of fused-ring (bicyclic) bond motifs is 1. The van der Waals surface area contributed by atoms with Crippen molar-refractivity contribution in [2.75, 3.05) is 33.8 Å². The van der Waals surface area contributed by atoms with Crippen molar-refractivity contribution in [1.82, 2.24) is 19.4 Å². The van der Waals surface area contributed by atoms with Crippen LogP contribution in [0.1, 0.15) is 42.5 Å². The lowest BCUT2D eigenvalue weighted by Crippen LogP contribution is -2.41. The van der Waals surface area contributed by atoms with Gasteiger partial charge in [0.05, 0.1) is 29.2 Å². The topological polar surface area (TPSA) is 67.7 Å². The van der Waals surface area contributed by atoms with Crippen LogP contribution in [0, 0.1) is 5.82 Å². The summed E-state index contributed by atoms with van der Waals surface area (Å²) >= 11 is 0. The number of halogens is 1. The molecule has 0 fully saturated rings. The maximum absolute atomic E-state index is 13.9. The molecule has 0 aliphatic heterocycles. The first-order valence-corrected chi connectivity index (χ1v) is 12.8. The number of carbonyl (C=O) groups excluding carboxylic acids is 1. The average molecular weight is 517 g/mol. The highest BCUT2D eigenvalue weighted by atomic mass is 19.1. The lowest BCUT2D eigenvalue weighted by molar-refractivity contribution is 0.0644. The maximum Gasteiger partial charge on any atom is 0.266 e. The molecule has 198 valence electrons. The molecule has 1 amide bonds. The Hall–Kier alpha value is -4.04. The van der Waals surface area contributed by atoms with E-state index >= 15 is 0 Å². The third-order valence-corrected chi connectivity index (χ3v) is 6.41. The summed E-state index contributed by atoms with van der Waals surface area (Å²) in [7, 11) is 3.87. The van der Waals surface area contributed by atoms with Gasteiger partial charge in [-0.1, -0.05) is 19.1 Å². The van der Waals surface area contributed by atoms with Gasteiger partial charge in [-0.15, -0.1) is 0 Å². The molecule has 1 unspecified atom stereocenters. The zero-order valence-corrected chi connectivity index (χ0v) is 22.2. The fourth-order valence-corrected chi connectivity index (χ4v) is 4.49. The first-order valence-electron chi connectivity index (χ1n) is 12.8. The quantitative estimate of drug-likeness (QED) is 0.294. The Morgan fingerprint density at radius 3 is 2.29 bits per heavy atom. The van der Waals surface area contributed by atoms with E-state index in [0.717, 1.165) is 0 Å². The number of likely N-dealkylation sites (N-methyl/N-ethyl adjacent to an activating group) is 1. The standard InChI is InChI=1S/C30H33FN4O3/c1-5-27(34(20-19-33(3)4)29(36)21-11-13-22(31)14-12-21)28-32-26-10-8-7-9-25(26)30(37)35(28)23-15-17-24(18-16-23)38-6-2/h7-18,27H,5-6,19-20H2,1-4H3. The highest BCUT2D eigenvalue weighted by molar-refractivity contribution is 5.94. The van der Waals surface area contributed by atoms with E-state index in [0.29, 0.717) is 59.8 Å². The highest BCUT2D eigenvalue weighted by Crippen LogP contribution is 2.28. The lowest BCUT2D eigenvalue weighted by atomic mass is 10.1. The lowest BCUT2D eigenvalue weighted by Gasteiger charge is -2.33. The van der Waals surface area contributed by atoms with E-state index in [-0.39, 0.29) is 11.5 Å². The summed E-state index contributed by atoms with van der Waals surface area (Å²) in [5.74, 6) is 0.508. The fraction of sp³-hybridized carbons (Fsp3) is 0.300. The number of rotatable bonds is 10. The zero-order valence-electron chi connectivity index (χ0n) is 22.2. The number of nitrogens with zero attached hydrogens (tertiary/aromatic N) is 4. The first kappa shape index (κ1) is 27.0. The van der Waals surface area contributed by atoms with E-state index in [1.807, 2.05) is 69.2 Å². The number of aromatic nitrogens is 2. The summed E-state index contributed by atoms with van der Waals surface area (Å²) < 4.78 is 20.8. The second kappa shape index (κ2) is 12.0. The minimum Gasteiger partial charge on any atom is -0.494 e. The summed E-state index contributed by atoms with van der Waals surface area (Å²) in [6.07, 6.45) is 0.516. The van der Waals surface area contributed by atoms with Gasteiger partial charge in [0.25, 0.3) is 11.5 Å². The fourth-order valence-electron chi connectivity index (χ4n) is 4.49. The van der Waals surface area contributed by atoms with Crippen LogP contribution in [0.3, 0.4) is 0 Å². The van der Waals surface area contributed by atoms with E-state index in [1.54, 1.807) is 21.6 Å². The minimum atomic E-state index is -0.517. The summed E-state index contributed by atoms with van der Waals surface area (Å²) in [5, 5.41) is 0.490. The first-order chi connectivity index (χ1) is 18.3. The Kier molecular flexibility index (Phi) is 8.53. The number of hydrogen-bond acceptors (Lipinski definition) is 5. The smallest absolute Gasteiger partial charge is 0.266 e. The zero-order chi connectivity index (χ0) is 27.2. The molecule has 1 aromatic heterocycles. The predicted octanol–water partition coefficient (Wildman–Crippen LogP) is 5.08. The highest BCUT2D eigenvalue weighted by Gasteiger charge is 2.30. The van der Waals surface area contributed by atoms with Gasteiger partial charge in [0, 0.05) is 18.7 Å². The van der Waals surface area contributed by atoms with Gasteiger partial charge in [-0.2, -0.15) is 0 Å². The molecule has 3 aromatic carbocycles. The number of amides is 1. The van der Waals surface area contributed by atoms with Gasteiger partial charge in [-0.3, -0.25) is 14.2 Å². The van der Waals surface area contributed by atoms with E-state index in [1.165, 1.54) is 24.3 Å². The van der Waals surface area contributed by atoms with Gasteiger partial charge in [-0.25, -0.2) is 9.37 Å². The van der Waals surface area contributed by atoms with Gasteiger partial charge in [0.2, 0.25) is 0 Å². The second-order valence-electron chi connectivity index (χ2n) is 9.29. The number of ether oxygens (including phenoxy) is 1. The molecule has 7 nitrogen and oxygen atoms in total. The van der Waals surface area contributed by atoms with E-state index in [9.17, 15) is 14.0 Å². The molecule has 4 rings (SSSR count). The maximum atomic E-state index is 13.9. The Morgan fingerprint density at radius 2 is 1.66 bits per heavy atom. The molecule has 0 aliphatic rings. The van der Waals surface area contributed by atoms with Crippen LogP contribution in [0.25, 0.3) is 16.6 Å². The van der Waals surface area contributed by atoms with Crippen LogP contribution in [-0.4, -0.2) is 59.0 Å². The Labute approximate surface area is 222 Å². The van der Waals surface area contributed by atoms with E-state index in [2.05, 4.69) is 0 Å². The van der Waals surface area contributed by atoms with Crippen LogP contribution in [0.15, 0.2) is 77.6 Å². The van der Waals surface area contributed by atoms with Crippen LogP contribution in [0.2, 0.25) is 0 Å². The van der Waals surface area contributed by atoms with Crippen molar-refractivity contribution in [1.29, 1.82) is 0 Å². The summed E-state index contributed by atoms with van der Waals surface area (Å²) in [6, 6.07) is 19.5. The molecular weight excluding hydrogens is 483 g/mol. The molecule has 1 heterocycles. The summed E-state index contributed by atoms with van der Waals surface area (Å²) in [6.45, 7) is 5.41. The van der Waals surface area contributed by atoms with Crippen molar-refractivity contribution >= 4 is 16.8 Å². The van der Waals surface area contributed by atoms with Crippen LogP contribution >= 0.6 is 0 Å². The van der Waals surface area contributed by atoms with Crippen LogP contribution < -0.4 is 10.3 Å². The SMILES string of the molecule is CCOc1ccc(-n2c(C(CC)N(CCN(C)C)C(=O)c3ccc(F)cc3)nc3ccccc3c2=O)cc1. The number of carbonyl (C=O) groups is 1. The number of para-hydroxylation sites is 1. The van der Waals surface area contributed by atoms with Crippen molar-refractivity contribution in [3.05, 3.63) is 100 Å². The molecule has 0 saturated carbocycles. The molecule has 0 saturated heterocycles. The van der Waals surface area contributed by atoms with Crippen molar-refractivity contribution < 1.29 is 13.9 Å². The van der Waals surface area contributed by atoms with E-state index in [4.69, 9.17) is 9.72 Å². The minimum absolute atomic E-state index is 0.213. The van der Waals surface area contributed by atoms with Crippen molar-refractivity contribution in [3.63, 3.8) is 0 Å².